The highest BCUT2D eigenvalue weighted by Crippen LogP contribution is 2.35. The van der Waals surface area contributed by atoms with Crippen LogP contribution >= 0.6 is 0 Å². The van der Waals surface area contributed by atoms with Crippen molar-refractivity contribution in [2.24, 2.45) is 5.92 Å². The smallest absolute Gasteiger partial charge is 0.344 e. The first-order valence-electron chi connectivity index (χ1n) is 5.96. The Morgan fingerprint density at radius 2 is 1.94 bits per heavy atom. The van der Waals surface area contributed by atoms with Gasteiger partial charge in [-0.3, -0.25) is 4.79 Å². The van der Waals surface area contributed by atoms with Crippen LogP contribution in [0.2, 0.25) is 0 Å². The monoisotopic (exact) mass is 252 g/mol. The Hall–Kier alpha value is -0.780. The molecule has 0 heterocycles. The van der Waals surface area contributed by atoms with Crippen molar-refractivity contribution in [2.45, 2.75) is 44.3 Å². The van der Waals surface area contributed by atoms with Crippen LogP contribution in [0.4, 0.5) is 13.2 Å². The zero-order valence-electron chi connectivity index (χ0n) is 9.94. The molecule has 1 rings (SSSR count). The van der Waals surface area contributed by atoms with Gasteiger partial charge in [-0.1, -0.05) is 12.8 Å². The Morgan fingerprint density at radius 3 is 2.41 bits per heavy atom. The van der Waals surface area contributed by atoms with Gasteiger partial charge in [0.25, 0.3) is 0 Å². The number of hydrogen-bond acceptors (Lipinski definition) is 2. The van der Waals surface area contributed by atoms with Gasteiger partial charge in [-0.05, 0) is 25.8 Å². The van der Waals surface area contributed by atoms with E-state index in [1.165, 1.54) is 0 Å². The predicted octanol–water partition coefficient (Wildman–Crippen LogP) is 1.83. The third kappa shape index (κ3) is 4.53. The minimum absolute atomic E-state index is 0.0792. The summed E-state index contributed by atoms with van der Waals surface area (Å²) in [5.74, 6) is -0.984. The average Bonchev–Trinajstić information content (AvgIpc) is 2.74. The molecule has 0 saturated heterocycles. The van der Waals surface area contributed by atoms with Crippen LogP contribution in [0.1, 0.15) is 32.1 Å². The summed E-state index contributed by atoms with van der Waals surface area (Å²) < 4.78 is 38.5. The second kappa shape index (κ2) is 6.23. The molecular weight excluding hydrogens is 233 g/mol. The second-order valence-electron chi connectivity index (χ2n) is 4.48. The van der Waals surface area contributed by atoms with Gasteiger partial charge >= 0.3 is 6.18 Å². The highest BCUT2D eigenvalue weighted by molar-refractivity contribution is 5.76. The lowest BCUT2D eigenvalue weighted by molar-refractivity contribution is -0.171. The first kappa shape index (κ1) is 14.3. The first-order chi connectivity index (χ1) is 7.95. The number of amides is 1. The molecule has 100 valence electrons. The summed E-state index contributed by atoms with van der Waals surface area (Å²) in [7, 11) is 1.66. The zero-order chi connectivity index (χ0) is 12.9. The molecule has 1 atom stereocenters. The fraction of sp³-hybridized carbons (Fsp3) is 0.909. The Morgan fingerprint density at radius 1 is 1.35 bits per heavy atom. The molecule has 0 radical (unpaired) electrons. The van der Waals surface area contributed by atoms with Gasteiger partial charge in [0.05, 0.1) is 0 Å². The van der Waals surface area contributed by atoms with Gasteiger partial charge in [-0.25, -0.2) is 0 Å². The van der Waals surface area contributed by atoms with Crippen LogP contribution in [0.5, 0.6) is 0 Å². The molecule has 1 amide bonds. The number of halogens is 3. The molecule has 1 saturated carbocycles. The minimum atomic E-state index is -4.34. The highest BCUT2D eigenvalue weighted by atomic mass is 19.4. The van der Waals surface area contributed by atoms with E-state index in [0.29, 0.717) is 19.4 Å². The Kier molecular flexibility index (Phi) is 5.24. The standard InChI is InChI=1S/C11H19F3N2O/c1-15-7-6-9(17)16-10(11(12,13)14)8-4-2-3-5-8/h8,10,15H,2-7H2,1H3,(H,16,17). The van der Waals surface area contributed by atoms with E-state index in [0.717, 1.165) is 12.8 Å². The van der Waals surface area contributed by atoms with E-state index in [1.807, 2.05) is 0 Å². The van der Waals surface area contributed by atoms with Crippen molar-refractivity contribution < 1.29 is 18.0 Å². The second-order valence-corrected chi connectivity index (χ2v) is 4.48. The Bertz CT molecular complexity index is 250. The van der Waals surface area contributed by atoms with Crippen LogP contribution in [0.3, 0.4) is 0 Å². The highest BCUT2D eigenvalue weighted by Gasteiger charge is 2.46. The van der Waals surface area contributed by atoms with Crippen molar-refractivity contribution in [1.29, 1.82) is 0 Å². The number of rotatable bonds is 5. The van der Waals surface area contributed by atoms with Crippen LogP contribution in [0.15, 0.2) is 0 Å². The van der Waals surface area contributed by atoms with Gasteiger partial charge in [0.15, 0.2) is 0 Å². The van der Waals surface area contributed by atoms with Gasteiger partial charge in [0, 0.05) is 13.0 Å². The largest absolute Gasteiger partial charge is 0.408 e. The SMILES string of the molecule is CNCCC(=O)NC(C1CCCC1)C(F)(F)F. The van der Waals surface area contributed by atoms with Crippen LogP contribution in [0.25, 0.3) is 0 Å². The summed E-state index contributed by atoms with van der Waals surface area (Å²) in [5, 5.41) is 4.87. The zero-order valence-corrected chi connectivity index (χ0v) is 9.94. The molecule has 0 aliphatic heterocycles. The van der Waals surface area contributed by atoms with Gasteiger partial charge < -0.3 is 10.6 Å². The molecule has 2 N–H and O–H groups in total. The summed E-state index contributed by atoms with van der Waals surface area (Å²) in [6, 6.07) is -1.67. The molecular formula is C11H19F3N2O. The molecule has 1 unspecified atom stereocenters. The lowest BCUT2D eigenvalue weighted by Crippen LogP contribution is -2.49. The molecule has 1 fully saturated rings. The predicted molar refractivity (Wildman–Crippen MR) is 58.5 cm³/mol. The molecule has 0 aromatic heterocycles. The number of carbonyl (C=O) groups excluding carboxylic acids is 1. The number of hydrogen-bond donors (Lipinski definition) is 2. The maximum Gasteiger partial charge on any atom is 0.408 e. The average molecular weight is 252 g/mol. The molecule has 6 heteroatoms. The fourth-order valence-corrected chi connectivity index (χ4v) is 2.24. The summed E-state index contributed by atoms with van der Waals surface area (Å²) >= 11 is 0. The summed E-state index contributed by atoms with van der Waals surface area (Å²) in [5.41, 5.74) is 0. The maximum absolute atomic E-state index is 12.8. The van der Waals surface area contributed by atoms with Crippen LogP contribution in [-0.4, -0.2) is 31.7 Å². The van der Waals surface area contributed by atoms with E-state index in [1.54, 1.807) is 7.05 Å². The van der Waals surface area contributed by atoms with Gasteiger partial charge in [-0.15, -0.1) is 0 Å². The van der Waals surface area contributed by atoms with Crippen molar-refractivity contribution in [3.63, 3.8) is 0 Å². The topological polar surface area (TPSA) is 41.1 Å². The van der Waals surface area contributed by atoms with Crippen LogP contribution in [-0.2, 0) is 4.79 Å². The third-order valence-electron chi connectivity index (χ3n) is 3.14. The van der Waals surface area contributed by atoms with Crippen molar-refractivity contribution in [3.8, 4) is 0 Å². The summed E-state index contributed by atoms with van der Waals surface area (Å²) in [6.07, 6.45) is -1.51. The van der Waals surface area contributed by atoms with Gasteiger partial charge in [-0.2, -0.15) is 13.2 Å². The van der Waals surface area contributed by atoms with E-state index < -0.39 is 24.0 Å². The summed E-state index contributed by atoms with van der Waals surface area (Å²) in [4.78, 5) is 11.4. The Balaban J connectivity index is 2.54. The molecule has 3 nitrogen and oxygen atoms in total. The maximum atomic E-state index is 12.8. The van der Waals surface area contributed by atoms with Crippen molar-refractivity contribution >= 4 is 5.91 Å². The lowest BCUT2D eigenvalue weighted by Gasteiger charge is -2.27. The summed E-state index contributed by atoms with van der Waals surface area (Å²) in [6.45, 7) is 0.390. The normalized spacial score (nSPS) is 19.3. The number of nitrogens with one attached hydrogen (secondary N) is 2. The van der Waals surface area contributed by atoms with E-state index in [2.05, 4.69) is 10.6 Å². The van der Waals surface area contributed by atoms with E-state index in [4.69, 9.17) is 0 Å². The molecule has 0 aromatic carbocycles. The molecule has 0 aromatic rings. The van der Waals surface area contributed by atoms with E-state index in [9.17, 15) is 18.0 Å². The fourth-order valence-electron chi connectivity index (χ4n) is 2.24. The Labute approximate surface area is 99.1 Å². The lowest BCUT2D eigenvalue weighted by atomic mass is 9.97. The molecule has 1 aliphatic rings. The molecule has 1 aliphatic carbocycles. The third-order valence-corrected chi connectivity index (χ3v) is 3.14. The van der Waals surface area contributed by atoms with E-state index in [-0.39, 0.29) is 6.42 Å². The molecule has 0 bridgehead atoms. The first-order valence-corrected chi connectivity index (χ1v) is 5.96. The van der Waals surface area contributed by atoms with Crippen molar-refractivity contribution in [3.05, 3.63) is 0 Å². The number of alkyl halides is 3. The van der Waals surface area contributed by atoms with Gasteiger partial charge in [0.2, 0.25) is 5.91 Å². The van der Waals surface area contributed by atoms with Crippen molar-refractivity contribution in [1.82, 2.24) is 10.6 Å². The quantitative estimate of drug-likeness (QED) is 0.783. The van der Waals surface area contributed by atoms with Crippen molar-refractivity contribution in [2.75, 3.05) is 13.6 Å². The van der Waals surface area contributed by atoms with Gasteiger partial charge in [0.1, 0.15) is 6.04 Å². The molecule has 17 heavy (non-hydrogen) atoms. The number of carbonyl (C=O) groups is 1. The van der Waals surface area contributed by atoms with Crippen LogP contribution in [0, 0.1) is 5.92 Å². The molecule has 0 spiro atoms. The van der Waals surface area contributed by atoms with E-state index >= 15 is 0 Å². The van der Waals surface area contributed by atoms with Crippen LogP contribution < -0.4 is 10.6 Å². The minimum Gasteiger partial charge on any atom is -0.344 e.